The van der Waals surface area contributed by atoms with E-state index in [1.54, 1.807) is 0 Å². The molecule has 0 aliphatic heterocycles. The zero-order valence-electron chi connectivity index (χ0n) is 7.47. The van der Waals surface area contributed by atoms with Gasteiger partial charge in [0.1, 0.15) is 0 Å². The molecule has 0 bridgehead atoms. The monoisotopic (exact) mass is 189 g/mol. The standard InChI is InChI=1S/C9H7N3O2/c1-6(13)8(12-10)9(14)7-2-4-11-5-3-7/h2-5H,1H3. The van der Waals surface area contributed by atoms with Crippen molar-refractivity contribution in [2.45, 2.75) is 6.92 Å². The molecule has 1 rings (SSSR count). The van der Waals surface area contributed by atoms with E-state index in [9.17, 15) is 9.59 Å². The Kier molecular flexibility index (Phi) is 2.99. The molecule has 0 aliphatic carbocycles. The van der Waals surface area contributed by atoms with Crippen LogP contribution in [0.15, 0.2) is 24.5 Å². The first-order chi connectivity index (χ1) is 6.66. The number of rotatable bonds is 3. The maximum atomic E-state index is 11.5. The molecule has 5 heteroatoms. The van der Waals surface area contributed by atoms with Crippen LogP contribution in [0.4, 0.5) is 0 Å². The number of carbonyl (C=O) groups is 2. The highest BCUT2D eigenvalue weighted by atomic mass is 16.1. The van der Waals surface area contributed by atoms with Crippen molar-refractivity contribution in [3.63, 3.8) is 0 Å². The molecule has 1 aromatic rings. The normalized spacial score (nSPS) is 8.93. The molecule has 0 aliphatic rings. The summed E-state index contributed by atoms with van der Waals surface area (Å²) in [7, 11) is 0. The third kappa shape index (κ3) is 1.97. The zero-order valence-corrected chi connectivity index (χ0v) is 7.47. The van der Waals surface area contributed by atoms with Crippen molar-refractivity contribution in [2.75, 3.05) is 0 Å². The van der Waals surface area contributed by atoms with Gasteiger partial charge in [-0.3, -0.25) is 14.6 Å². The molecule has 0 spiro atoms. The molecule has 0 N–H and O–H groups in total. The quantitative estimate of drug-likeness (QED) is 0.228. The largest absolute Gasteiger partial charge is 0.404 e. The van der Waals surface area contributed by atoms with E-state index in [1.165, 1.54) is 24.5 Å². The second kappa shape index (κ2) is 4.20. The summed E-state index contributed by atoms with van der Waals surface area (Å²) in [5.41, 5.74) is 8.25. The average Bonchev–Trinajstić information content (AvgIpc) is 2.19. The van der Waals surface area contributed by atoms with Crippen molar-refractivity contribution >= 4 is 17.3 Å². The number of nitrogens with zero attached hydrogens (tertiary/aromatic N) is 3. The summed E-state index contributed by atoms with van der Waals surface area (Å²) in [6.45, 7) is 1.16. The number of hydrogen-bond acceptors (Lipinski definition) is 3. The van der Waals surface area contributed by atoms with Crippen LogP contribution in [0.2, 0.25) is 0 Å². The van der Waals surface area contributed by atoms with Crippen molar-refractivity contribution in [2.24, 2.45) is 0 Å². The minimum Gasteiger partial charge on any atom is -0.360 e. The first-order valence-electron chi connectivity index (χ1n) is 3.84. The lowest BCUT2D eigenvalue weighted by molar-refractivity contribution is -0.115. The van der Waals surface area contributed by atoms with E-state index in [4.69, 9.17) is 5.53 Å². The van der Waals surface area contributed by atoms with Gasteiger partial charge in [-0.1, -0.05) is 0 Å². The fourth-order valence-electron chi connectivity index (χ4n) is 0.916. The smallest absolute Gasteiger partial charge is 0.360 e. The lowest BCUT2D eigenvalue weighted by Crippen LogP contribution is -2.23. The number of ketones is 2. The summed E-state index contributed by atoms with van der Waals surface area (Å²) in [5.74, 6) is -1.18. The van der Waals surface area contributed by atoms with Crippen LogP contribution in [0.1, 0.15) is 17.3 Å². The molecule has 0 radical (unpaired) electrons. The Morgan fingerprint density at radius 1 is 1.36 bits per heavy atom. The van der Waals surface area contributed by atoms with Crippen molar-refractivity contribution in [1.82, 2.24) is 4.98 Å². The number of pyridine rings is 1. The van der Waals surface area contributed by atoms with Crippen molar-refractivity contribution < 1.29 is 14.4 Å². The summed E-state index contributed by atoms with van der Waals surface area (Å²) < 4.78 is 0. The van der Waals surface area contributed by atoms with Crippen LogP contribution in [-0.4, -0.2) is 27.1 Å². The van der Waals surface area contributed by atoms with Crippen molar-refractivity contribution in [3.05, 3.63) is 35.6 Å². The fraction of sp³-hybridized carbons (Fsp3) is 0.111. The molecule has 1 heterocycles. The van der Waals surface area contributed by atoms with E-state index < -0.39 is 17.3 Å². The first kappa shape index (κ1) is 9.95. The average molecular weight is 189 g/mol. The number of aromatic nitrogens is 1. The van der Waals surface area contributed by atoms with Gasteiger partial charge in [0, 0.05) is 24.9 Å². The van der Waals surface area contributed by atoms with Gasteiger partial charge in [0.2, 0.25) is 5.78 Å². The minimum absolute atomic E-state index is 0.267. The van der Waals surface area contributed by atoms with Gasteiger partial charge >= 0.3 is 5.71 Å². The Bertz CT molecular complexity index is 419. The van der Waals surface area contributed by atoms with Crippen molar-refractivity contribution in [1.29, 1.82) is 0 Å². The molecule has 1 aromatic heterocycles. The minimum atomic E-state index is -0.609. The highest BCUT2D eigenvalue weighted by Crippen LogP contribution is 1.99. The molecular weight excluding hydrogens is 182 g/mol. The second-order valence-corrected chi connectivity index (χ2v) is 2.57. The molecule has 0 saturated carbocycles. The Labute approximate surface area is 80.0 Å². The Morgan fingerprint density at radius 3 is 2.36 bits per heavy atom. The SMILES string of the molecule is CC(=O)C(=[N+]=[N-])C(=O)c1ccncc1. The topological polar surface area (TPSA) is 83.4 Å². The Hall–Kier alpha value is -2.13. The maximum absolute atomic E-state index is 11.5. The third-order valence-electron chi connectivity index (χ3n) is 1.59. The summed E-state index contributed by atoms with van der Waals surface area (Å²) in [6, 6.07) is 2.88. The molecule has 70 valence electrons. The van der Waals surface area contributed by atoms with E-state index in [0.717, 1.165) is 6.92 Å². The fourth-order valence-corrected chi connectivity index (χ4v) is 0.916. The lowest BCUT2D eigenvalue weighted by atomic mass is 10.1. The van der Waals surface area contributed by atoms with Crippen molar-refractivity contribution in [3.8, 4) is 0 Å². The van der Waals surface area contributed by atoms with E-state index in [-0.39, 0.29) is 5.56 Å². The van der Waals surface area contributed by atoms with Gasteiger partial charge in [-0.15, -0.1) is 0 Å². The van der Waals surface area contributed by atoms with Gasteiger partial charge < -0.3 is 5.53 Å². The molecule has 0 unspecified atom stereocenters. The van der Waals surface area contributed by atoms with Gasteiger partial charge in [0.05, 0.1) is 0 Å². The van der Waals surface area contributed by atoms with E-state index in [1.807, 2.05) is 0 Å². The molecule has 0 atom stereocenters. The van der Waals surface area contributed by atoms with Crippen LogP contribution >= 0.6 is 0 Å². The van der Waals surface area contributed by atoms with Crippen LogP contribution in [0.3, 0.4) is 0 Å². The summed E-state index contributed by atoms with van der Waals surface area (Å²) in [5, 5.41) is 0. The number of carbonyl (C=O) groups excluding carboxylic acids is 2. The Balaban J connectivity index is 3.09. The Morgan fingerprint density at radius 2 is 1.93 bits per heavy atom. The van der Waals surface area contributed by atoms with Gasteiger partial charge in [0.15, 0.2) is 0 Å². The summed E-state index contributed by atoms with van der Waals surface area (Å²) >= 11 is 0. The van der Waals surface area contributed by atoms with E-state index >= 15 is 0 Å². The molecule has 5 nitrogen and oxygen atoms in total. The number of Topliss-reactive ketones (excluding diaryl/α,β-unsaturated/α-hetero) is 2. The molecule has 0 amide bonds. The van der Waals surface area contributed by atoms with Gasteiger partial charge in [-0.2, -0.15) is 4.79 Å². The van der Waals surface area contributed by atoms with Gasteiger partial charge in [0.25, 0.3) is 5.78 Å². The van der Waals surface area contributed by atoms with Crippen LogP contribution < -0.4 is 0 Å². The summed E-state index contributed by atoms with van der Waals surface area (Å²) in [6.07, 6.45) is 2.84. The molecule has 0 aromatic carbocycles. The first-order valence-corrected chi connectivity index (χ1v) is 3.84. The molecular formula is C9H7N3O2. The van der Waals surface area contributed by atoms with Crippen LogP contribution in [0.5, 0.6) is 0 Å². The maximum Gasteiger partial charge on any atom is 0.404 e. The number of hydrogen-bond donors (Lipinski definition) is 0. The van der Waals surface area contributed by atoms with Crippen LogP contribution in [0.25, 0.3) is 5.53 Å². The molecule has 14 heavy (non-hydrogen) atoms. The predicted octanol–water partition coefficient (Wildman–Crippen LogP) is 0.524. The second-order valence-electron chi connectivity index (χ2n) is 2.57. The van der Waals surface area contributed by atoms with E-state index in [2.05, 4.69) is 9.77 Å². The lowest BCUT2D eigenvalue weighted by Gasteiger charge is -1.92. The van der Waals surface area contributed by atoms with Gasteiger partial charge in [-0.05, 0) is 12.1 Å². The summed E-state index contributed by atoms with van der Waals surface area (Å²) in [4.78, 5) is 28.7. The van der Waals surface area contributed by atoms with E-state index in [0.29, 0.717) is 0 Å². The third-order valence-corrected chi connectivity index (χ3v) is 1.59. The predicted molar refractivity (Wildman–Crippen MR) is 47.9 cm³/mol. The zero-order chi connectivity index (χ0) is 10.6. The van der Waals surface area contributed by atoms with Gasteiger partial charge in [-0.25, -0.2) is 0 Å². The highest BCUT2D eigenvalue weighted by Gasteiger charge is 2.26. The van der Waals surface area contributed by atoms with Crippen LogP contribution in [0, 0.1) is 0 Å². The highest BCUT2D eigenvalue weighted by molar-refractivity contribution is 6.66. The molecule has 0 saturated heterocycles. The van der Waals surface area contributed by atoms with Crippen LogP contribution in [-0.2, 0) is 4.79 Å². The molecule has 0 fully saturated rings.